The molecule has 0 saturated carbocycles. The topological polar surface area (TPSA) is 9.23 Å². The van der Waals surface area contributed by atoms with E-state index in [0.717, 1.165) is 30.2 Å². The average Bonchev–Trinajstić information content (AvgIpc) is 2.48. The first-order chi connectivity index (χ1) is 9.65. The predicted octanol–water partition coefficient (Wildman–Crippen LogP) is 5.46. The Kier molecular flexibility index (Phi) is 4.04. The highest BCUT2D eigenvalue weighted by molar-refractivity contribution is 9.09. The van der Waals surface area contributed by atoms with Crippen LogP contribution >= 0.6 is 27.5 Å². The van der Waals surface area contributed by atoms with Gasteiger partial charge >= 0.3 is 0 Å². The summed E-state index contributed by atoms with van der Waals surface area (Å²) < 4.78 is 5.67. The Balaban J connectivity index is 1.97. The van der Waals surface area contributed by atoms with E-state index in [1.807, 2.05) is 12.1 Å². The van der Waals surface area contributed by atoms with E-state index in [2.05, 4.69) is 47.1 Å². The number of aryl methyl sites for hydroxylation is 2. The van der Waals surface area contributed by atoms with Crippen molar-refractivity contribution in [1.29, 1.82) is 0 Å². The Morgan fingerprint density at radius 1 is 1.20 bits per heavy atom. The molecule has 0 amide bonds. The molecule has 1 unspecified atom stereocenters. The van der Waals surface area contributed by atoms with Gasteiger partial charge in [-0.2, -0.15) is 0 Å². The van der Waals surface area contributed by atoms with Gasteiger partial charge in [0.2, 0.25) is 0 Å². The minimum absolute atomic E-state index is 0.161. The fraction of sp³-hybridized carbons (Fsp3) is 0.294. The van der Waals surface area contributed by atoms with Crippen LogP contribution in [0.15, 0.2) is 36.4 Å². The van der Waals surface area contributed by atoms with Gasteiger partial charge in [-0.3, -0.25) is 0 Å². The lowest BCUT2D eigenvalue weighted by atomic mass is 9.97. The molecule has 1 nitrogen and oxygen atoms in total. The van der Waals surface area contributed by atoms with Crippen molar-refractivity contribution in [1.82, 2.24) is 0 Å². The number of benzene rings is 2. The largest absolute Gasteiger partial charge is 0.493 e. The number of rotatable bonds is 2. The van der Waals surface area contributed by atoms with Gasteiger partial charge in [0, 0.05) is 5.02 Å². The molecule has 0 bridgehead atoms. The van der Waals surface area contributed by atoms with Crippen molar-refractivity contribution in [3.63, 3.8) is 0 Å². The summed E-state index contributed by atoms with van der Waals surface area (Å²) in [6.45, 7) is 2.94. The molecule has 2 aromatic rings. The van der Waals surface area contributed by atoms with Gasteiger partial charge in [0.25, 0.3) is 0 Å². The van der Waals surface area contributed by atoms with Gasteiger partial charge in [-0.05, 0) is 60.2 Å². The SMILES string of the molecule is Cc1ccc(Cl)cc1C(Br)c1ccc2c(c1)CCCO2. The first-order valence-electron chi connectivity index (χ1n) is 6.81. The number of hydrogen-bond donors (Lipinski definition) is 0. The zero-order valence-electron chi connectivity index (χ0n) is 11.3. The molecule has 1 aliphatic heterocycles. The maximum atomic E-state index is 6.12. The molecule has 3 rings (SSSR count). The maximum Gasteiger partial charge on any atom is 0.122 e. The highest BCUT2D eigenvalue weighted by Gasteiger charge is 2.17. The number of alkyl halides is 1. The van der Waals surface area contributed by atoms with Gasteiger partial charge in [-0.25, -0.2) is 0 Å². The summed E-state index contributed by atoms with van der Waals surface area (Å²) >= 11 is 9.93. The molecule has 0 saturated heterocycles. The van der Waals surface area contributed by atoms with Gasteiger partial charge < -0.3 is 4.74 Å². The number of fused-ring (bicyclic) bond motifs is 1. The third-order valence-corrected chi connectivity index (χ3v) is 5.00. The first kappa shape index (κ1) is 14.0. The third-order valence-electron chi connectivity index (χ3n) is 3.74. The van der Waals surface area contributed by atoms with Crippen LogP contribution < -0.4 is 4.74 Å². The highest BCUT2D eigenvalue weighted by atomic mass is 79.9. The fourth-order valence-corrected chi connectivity index (χ4v) is 3.56. The normalized spacial score (nSPS) is 15.3. The van der Waals surface area contributed by atoms with E-state index >= 15 is 0 Å². The van der Waals surface area contributed by atoms with Crippen molar-refractivity contribution in [2.24, 2.45) is 0 Å². The number of halogens is 2. The van der Waals surface area contributed by atoms with Crippen LogP contribution in [-0.2, 0) is 6.42 Å². The van der Waals surface area contributed by atoms with Crippen molar-refractivity contribution in [2.45, 2.75) is 24.6 Å². The molecule has 0 radical (unpaired) electrons. The summed E-state index contributed by atoms with van der Waals surface area (Å²) in [7, 11) is 0. The Hall–Kier alpha value is -0.990. The summed E-state index contributed by atoms with van der Waals surface area (Å²) in [4.78, 5) is 0.161. The van der Waals surface area contributed by atoms with Crippen LogP contribution in [-0.4, -0.2) is 6.61 Å². The summed E-state index contributed by atoms with van der Waals surface area (Å²) in [5.74, 6) is 1.03. The Bertz CT molecular complexity index is 639. The molecule has 20 heavy (non-hydrogen) atoms. The summed E-state index contributed by atoms with van der Waals surface area (Å²) in [6, 6.07) is 12.5. The molecule has 0 fully saturated rings. The van der Waals surface area contributed by atoms with Gasteiger partial charge in [-0.15, -0.1) is 0 Å². The van der Waals surface area contributed by atoms with Gasteiger partial charge in [0.05, 0.1) is 11.4 Å². The van der Waals surface area contributed by atoms with Gasteiger partial charge in [-0.1, -0.05) is 45.7 Å². The van der Waals surface area contributed by atoms with E-state index in [0.29, 0.717) is 0 Å². The summed E-state index contributed by atoms with van der Waals surface area (Å²) in [5.41, 5.74) is 5.01. The van der Waals surface area contributed by atoms with Crippen molar-refractivity contribution in [2.75, 3.05) is 6.61 Å². The molecule has 0 N–H and O–H groups in total. The zero-order valence-corrected chi connectivity index (χ0v) is 13.7. The first-order valence-corrected chi connectivity index (χ1v) is 8.10. The second-order valence-electron chi connectivity index (χ2n) is 5.18. The molecule has 0 aliphatic carbocycles. The molecule has 0 spiro atoms. The molecule has 0 aromatic heterocycles. The van der Waals surface area contributed by atoms with Gasteiger partial charge in [0.1, 0.15) is 5.75 Å². The predicted molar refractivity (Wildman–Crippen MR) is 87.2 cm³/mol. The fourth-order valence-electron chi connectivity index (χ4n) is 2.60. The standard InChI is InChI=1S/C17H16BrClO/c1-11-4-6-14(19)10-15(11)17(18)13-5-7-16-12(9-13)3-2-8-20-16/h4-7,9-10,17H,2-3,8H2,1H3. The smallest absolute Gasteiger partial charge is 0.122 e. The summed E-state index contributed by atoms with van der Waals surface area (Å²) in [5, 5.41) is 0.774. The maximum absolute atomic E-state index is 6.12. The molecular weight excluding hydrogens is 336 g/mol. The molecule has 104 valence electrons. The van der Waals surface area contributed by atoms with E-state index in [1.165, 1.54) is 22.3 Å². The Morgan fingerprint density at radius 2 is 2.05 bits per heavy atom. The van der Waals surface area contributed by atoms with E-state index in [9.17, 15) is 0 Å². The molecule has 2 aromatic carbocycles. The monoisotopic (exact) mass is 350 g/mol. The van der Waals surface area contributed by atoms with Crippen LogP contribution in [0, 0.1) is 6.92 Å². The minimum atomic E-state index is 0.161. The van der Waals surface area contributed by atoms with Gasteiger partial charge in [0.15, 0.2) is 0 Å². The van der Waals surface area contributed by atoms with Crippen LogP contribution in [0.3, 0.4) is 0 Å². The molecule has 1 heterocycles. The van der Waals surface area contributed by atoms with E-state index in [1.54, 1.807) is 0 Å². The second-order valence-corrected chi connectivity index (χ2v) is 6.53. The van der Waals surface area contributed by atoms with E-state index in [4.69, 9.17) is 16.3 Å². The molecule has 1 atom stereocenters. The van der Waals surface area contributed by atoms with Crippen molar-refractivity contribution < 1.29 is 4.74 Å². The lowest BCUT2D eigenvalue weighted by Crippen LogP contribution is -2.09. The number of ether oxygens (including phenoxy) is 1. The van der Waals surface area contributed by atoms with Crippen molar-refractivity contribution >= 4 is 27.5 Å². The third kappa shape index (κ3) is 2.72. The molecule has 3 heteroatoms. The zero-order chi connectivity index (χ0) is 14.1. The average molecular weight is 352 g/mol. The lowest BCUT2D eigenvalue weighted by Gasteiger charge is -2.20. The van der Waals surface area contributed by atoms with Crippen LogP contribution in [0.2, 0.25) is 5.02 Å². The minimum Gasteiger partial charge on any atom is -0.493 e. The number of hydrogen-bond acceptors (Lipinski definition) is 1. The van der Waals surface area contributed by atoms with Crippen molar-refractivity contribution in [3.05, 3.63) is 63.7 Å². The van der Waals surface area contributed by atoms with Crippen LogP contribution in [0.5, 0.6) is 5.75 Å². The molecule has 1 aliphatic rings. The van der Waals surface area contributed by atoms with E-state index < -0.39 is 0 Å². The molecular formula is C17H16BrClO. The summed E-state index contributed by atoms with van der Waals surface area (Å²) in [6.07, 6.45) is 2.19. The Morgan fingerprint density at radius 3 is 2.90 bits per heavy atom. The van der Waals surface area contributed by atoms with Crippen LogP contribution in [0.4, 0.5) is 0 Å². The second kappa shape index (κ2) is 5.79. The lowest BCUT2D eigenvalue weighted by molar-refractivity contribution is 0.288. The quantitative estimate of drug-likeness (QED) is 0.653. The van der Waals surface area contributed by atoms with Crippen LogP contribution in [0.1, 0.15) is 33.5 Å². The highest BCUT2D eigenvalue weighted by Crippen LogP contribution is 2.37. The van der Waals surface area contributed by atoms with E-state index in [-0.39, 0.29) is 4.83 Å². The van der Waals surface area contributed by atoms with Crippen molar-refractivity contribution in [3.8, 4) is 5.75 Å². The Labute approximate surface area is 133 Å². The van der Waals surface area contributed by atoms with Crippen LogP contribution in [0.25, 0.3) is 0 Å².